The third-order valence-electron chi connectivity index (χ3n) is 2.45. The molecule has 2 aromatic rings. The maximum absolute atomic E-state index is 13.6. The van der Waals surface area contributed by atoms with Gasteiger partial charge in [0.05, 0.1) is 11.3 Å². The summed E-state index contributed by atoms with van der Waals surface area (Å²) in [6.07, 6.45) is 1.29. The summed E-state index contributed by atoms with van der Waals surface area (Å²) in [6, 6.07) is 6.95. The molecule has 0 radical (unpaired) electrons. The minimum Gasteiger partial charge on any atom is -0.476 e. The molecule has 1 aromatic heterocycles. The van der Waals surface area contributed by atoms with E-state index < -0.39 is 17.7 Å². The minimum absolute atomic E-state index is 0.000142. The summed E-state index contributed by atoms with van der Waals surface area (Å²) in [4.78, 5) is 26.7. The Morgan fingerprint density at radius 2 is 2.00 bits per heavy atom. The second kappa shape index (κ2) is 5.79. The molecule has 0 aliphatic carbocycles. The lowest BCUT2D eigenvalue weighted by Crippen LogP contribution is -2.17. The molecule has 5 nitrogen and oxygen atoms in total. The average Bonchev–Trinajstić information content (AvgIpc) is 2.38. The van der Waals surface area contributed by atoms with Crippen LogP contribution in [0.5, 0.6) is 0 Å². The normalized spacial score (nSPS) is 10.1. The van der Waals surface area contributed by atoms with Crippen molar-refractivity contribution in [3.8, 4) is 0 Å². The summed E-state index contributed by atoms with van der Waals surface area (Å²) in [7, 11) is 0. The first-order valence-corrected chi connectivity index (χ1v) is 6.23. The Labute approximate surface area is 121 Å². The van der Waals surface area contributed by atoms with Crippen LogP contribution < -0.4 is 5.32 Å². The van der Waals surface area contributed by atoms with E-state index in [-0.39, 0.29) is 21.4 Å². The largest absolute Gasteiger partial charge is 0.476 e. The lowest BCUT2D eigenvalue weighted by Gasteiger charge is -2.09. The number of rotatable bonds is 3. The first kappa shape index (κ1) is 14.1. The predicted molar refractivity (Wildman–Crippen MR) is 73.2 cm³/mol. The van der Waals surface area contributed by atoms with Gasteiger partial charge < -0.3 is 10.4 Å². The van der Waals surface area contributed by atoms with Gasteiger partial charge in [0.1, 0.15) is 5.82 Å². The van der Waals surface area contributed by atoms with Crippen LogP contribution in [0, 0.1) is 5.82 Å². The highest BCUT2D eigenvalue weighted by molar-refractivity contribution is 9.10. The van der Waals surface area contributed by atoms with E-state index in [1.165, 1.54) is 30.5 Å². The standard InChI is InChI=1S/C13H8BrFN2O3/c14-7-3-1-4-8(15)10(7)12(18)17-9-5-2-6-16-11(9)13(19)20/h1-6H,(H,17,18)(H,19,20). The number of aromatic carboxylic acids is 1. The van der Waals surface area contributed by atoms with Gasteiger partial charge in [-0.2, -0.15) is 0 Å². The summed E-state index contributed by atoms with van der Waals surface area (Å²) >= 11 is 3.08. The molecule has 1 amide bonds. The zero-order valence-corrected chi connectivity index (χ0v) is 11.5. The SMILES string of the molecule is O=C(O)c1ncccc1NC(=O)c1c(F)cccc1Br. The zero-order chi connectivity index (χ0) is 14.7. The van der Waals surface area contributed by atoms with E-state index in [2.05, 4.69) is 26.2 Å². The van der Waals surface area contributed by atoms with E-state index in [1.54, 1.807) is 0 Å². The Morgan fingerprint density at radius 1 is 1.25 bits per heavy atom. The molecule has 0 unspecified atom stereocenters. The Bertz CT molecular complexity index is 671. The number of amides is 1. The summed E-state index contributed by atoms with van der Waals surface area (Å²) in [5.41, 5.74) is -0.513. The zero-order valence-electron chi connectivity index (χ0n) is 9.93. The van der Waals surface area contributed by atoms with Crippen molar-refractivity contribution in [3.63, 3.8) is 0 Å². The molecule has 0 aliphatic heterocycles. The van der Waals surface area contributed by atoms with Crippen LogP contribution in [0.25, 0.3) is 0 Å². The molecule has 0 aliphatic rings. The highest BCUT2D eigenvalue weighted by atomic mass is 79.9. The fraction of sp³-hybridized carbons (Fsp3) is 0. The molecule has 1 aromatic carbocycles. The highest BCUT2D eigenvalue weighted by Crippen LogP contribution is 2.22. The van der Waals surface area contributed by atoms with E-state index in [0.29, 0.717) is 0 Å². The quantitative estimate of drug-likeness (QED) is 0.901. The van der Waals surface area contributed by atoms with Crippen molar-refractivity contribution in [3.05, 3.63) is 58.1 Å². The van der Waals surface area contributed by atoms with Crippen LogP contribution in [-0.4, -0.2) is 22.0 Å². The molecular formula is C13H8BrFN2O3. The number of nitrogens with one attached hydrogen (secondary N) is 1. The number of benzene rings is 1. The van der Waals surface area contributed by atoms with E-state index in [0.717, 1.165) is 6.07 Å². The number of carboxylic acids is 1. The van der Waals surface area contributed by atoms with Crippen LogP contribution in [-0.2, 0) is 0 Å². The minimum atomic E-state index is -1.28. The van der Waals surface area contributed by atoms with Crippen LogP contribution in [0.4, 0.5) is 10.1 Å². The molecule has 2 N–H and O–H groups in total. The number of hydrogen-bond donors (Lipinski definition) is 2. The Morgan fingerprint density at radius 3 is 2.65 bits per heavy atom. The first-order valence-electron chi connectivity index (χ1n) is 5.44. The summed E-state index contributed by atoms with van der Waals surface area (Å²) < 4.78 is 13.9. The molecule has 0 fully saturated rings. The average molecular weight is 339 g/mol. The van der Waals surface area contributed by atoms with E-state index in [4.69, 9.17) is 5.11 Å². The van der Waals surface area contributed by atoms with Gasteiger partial charge in [0.25, 0.3) is 5.91 Å². The lowest BCUT2D eigenvalue weighted by molar-refractivity contribution is 0.0692. The van der Waals surface area contributed by atoms with Crippen molar-refractivity contribution in [2.45, 2.75) is 0 Å². The molecule has 1 heterocycles. The topological polar surface area (TPSA) is 79.3 Å². The number of pyridine rings is 1. The summed E-state index contributed by atoms with van der Waals surface area (Å²) in [5.74, 6) is -2.75. The third kappa shape index (κ3) is 2.83. The van der Waals surface area contributed by atoms with Crippen LogP contribution in [0.3, 0.4) is 0 Å². The number of carbonyl (C=O) groups excluding carboxylic acids is 1. The second-order valence-corrected chi connectivity index (χ2v) is 4.61. The highest BCUT2D eigenvalue weighted by Gasteiger charge is 2.18. The van der Waals surface area contributed by atoms with Crippen LogP contribution in [0.2, 0.25) is 0 Å². The second-order valence-electron chi connectivity index (χ2n) is 3.76. The molecule has 0 saturated carbocycles. The Hall–Kier alpha value is -2.28. The van der Waals surface area contributed by atoms with Gasteiger partial charge in [-0.3, -0.25) is 4.79 Å². The van der Waals surface area contributed by atoms with Gasteiger partial charge in [-0.05, 0) is 40.2 Å². The molecule has 0 saturated heterocycles. The Kier molecular flexibility index (Phi) is 4.09. The van der Waals surface area contributed by atoms with Crippen molar-refractivity contribution in [2.75, 3.05) is 5.32 Å². The number of nitrogens with zero attached hydrogens (tertiary/aromatic N) is 1. The van der Waals surface area contributed by atoms with Gasteiger partial charge in [0.15, 0.2) is 5.69 Å². The molecule has 2 rings (SSSR count). The maximum atomic E-state index is 13.6. The van der Waals surface area contributed by atoms with Gasteiger partial charge in [0.2, 0.25) is 0 Å². The van der Waals surface area contributed by atoms with Crippen molar-refractivity contribution >= 4 is 33.5 Å². The van der Waals surface area contributed by atoms with E-state index in [9.17, 15) is 14.0 Å². The predicted octanol–water partition coefficient (Wildman–Crippen LogP) is 2.93. The number of carbonyl (C=O) groups is 2. The van der Waals surface area contributed by atoms with Gasteiger partial charge in [-0.25, -0.2) is 14.2 Å². The summed E-state index contributed by atoms with van der Waals surface area (Å²) in [5, 5.41) is 11.3. The van der Waals surface area contributed by atoms with Crippen molar-refractivity contribution in [1.82, 2.24) is 4.98 Å². The first-order chi connectivity index (χ1) is 9.50. The fourth-order valence-corrected chi connectivity index (χ4v) is 2.10. The monoisotopic (exact) mass is 338 g/mol. The van der Waals surface area contributed by atoms with Crippen molar-refractivity contribution in [1.29, 1.82) is 0 Å². The molecule has 20 heavy (non-hydrogen) atoms. The van der Waals surface area contributed by atoms with Gasteiger partial charge >= 0.3 is 5.97 Å². The Balaban J connectivity index is 2.36. The third-order valence-corrected chi connectivity index (χ3v) is 3.11. The number of halogens is 2. The molecule has 7 heteroatoms. The van der Waals surface area contributed by atoms with Crippen molar-refractivity contribution in [2.24, 2.45) is 0 Å². The van der Waals surface area contributed by atoms with Crippen LogP contribution >= 0.6 is 15.9 Å². The molecule has 102 valence electrons. The molecule has 0 spiro atoms. The van der Waals surface area contributed by atoms with Crippen LogP contribution in [0.1, 0.15) is 20.8 Å². The fourth-order valence-electron chi connectivity index (χ4n) is 1.58. The molecule has 0 bridgehead atoms. The number of carboxylic acid groups (broad SMARTS) is 1. The number of anilines is 1. The molecular weight excluding hydrogens is 331 g/mol. The van der Waals surface area contributed by atoms with E-state index in [1.807, 2.05) is 0 Å². The van der Waals surface area contributed by atoms with E-state index >= 15 is 0 Å². The summed E-state index contributed by atoms with van der Waals surface area (Å²) in [6.45, 7) is 0. The van der Waals surface area contributed by atoms with Gasteiger partial charge in [-0.15, -0.1) is 0 Å². The van der Waals surface area contributed by atoms with Crippen LogP contribution in [0.15, 0.2) is 41.0 Å². The number of aromatic nitrogens is 1. The van der Waals surface area contributed by atoms with Gasteiger partial charge in [0, 0.05) is 10.7 Å². The van der Waals surface area contributed by atoms with Gasteiger partial charge in [-0.1, -0.05) is 6.07 Å². The maximum Gasteiger partial charge on any atom is 0.356 e. The van der Waals surface area contributed by atoms with Crippen molar-refractivity contribution < 1.29 is 19.1 Å². The lowest BCUT2D eigenvalue weighted by atomic mass is 10.2. The molecule has 0 atom stereocenters. The number of hydrogen-bond acceptors (Lipinski definition) is 3. The smallest absolute Gasteiger partial charge is 0.356 e.